The Kier molecular flexibility index (Phi) is 12.5. The van der Waals surface area contributed by atoms with Crippen molar-refractivity contribution in [2.24, 2.45) is 0 Å². The van der Waals surface area contributed by atoms with Crippen molar-refractivity contribution < 1.29 is 13.2 Å². The number of thiazole rings is 1. The van der Waals surface area contributed by atoms with Crippen molar-refractivity contribution in [3.8, 4) is 5.75 Å². The fraction of sp³-hybridized carbons (Fsp3) is 0.444. The van der Waals surface area contributed by atoms with E-state index in [1.807, 2.05) is 45.0 Å². The number of aryl methyl sites for hydroxylation is 2. The molecule has 1 aromatic heterocycles. The Balaban J connectivity index is 0.00000253. The first-order valence-corrected chi connectivity index (χ1v) is 14.8. The van der Waals surface area contributed by atoms with E-state index >= 15 is 0 Å². The van der Waals surface area contributed by atoms with Gasteiger partial charge in [0.2, 0.25) is 0 Å². The molecule has 0 saturated carbocycles. The lowest BCUT2D eigenvalue weighted by Crippen LogP contribution is -2.45. The molecular weight excluding hydrogens is 563 g/mol. The van der Waals surface area contributed by atoms with Crippen LogP contribution in [0.5, 0.6) is 5.75 Å². The molecule has 11 heteroatoms. The molecule has 0 radical (unpaired) electrons. The summed E-state index contributed by atoms with van der Waals surface area (Å²) in [6, 6.07) is 17.0. The number of nitrogens with zero attached hydrogens (tertiary/aromatic N) is 1. The Labute approximate surface area is 243 Å². The van der Waals surface area contributed by atoms with Gasteiger partial charge in [0, 0.05) is 30.7 Å². The molecule has 2 aromatic carbocycles. The van der Waals surface area contributed by atoms with Crippen LogP contribution < -0.4 is 20.1 Å². The first-order chi connectivity index (χ1) is 17.2. The van der Waals surface area contributed by atoms with Crippen LogP contribution >= 0.6 is 36.2 Å². The summed E-state index contributed by atoms with van der Waals surface area (Å²) < 4.78 is 34.8. The van der Waals surface area contributed by atoms with Crippen LogP contribution in [0.3, 0.4) is 0 Å². The van der Waals surface area contributed by atoms with E-state index < -0.39 is 10.0 Å². The average molecular weight is 602 g/mol. The SMILES string of the molecule is Cc1nc(C)c(S(=O)(=O)NCc2ccc(OC(C)C)c(CNC3CCCNC3c3ccccc3)c2)s1.Cl.Cl. The standard InChI is InChI=1S/C27H36N4O3S2.2ClH/c1-18(2)34-25-13-12-21(16-30-36(32,33)27-19(3)31-20(4)35-27)15-23(25)17-29-24-11-8-14-28-26(24)22-9-6-5-7-10-22;;/h5-7,9-10,12-13,15,18,24,26,28-30H,8,11,14,16-17H2,1-4H3;2*1H. The van der Waals surface area contributed by atoms with Gasteiger partial charge in [-0.3, -0.25) is 0 Å². The van der Waals surface area contributed by atoms with Crippen LogP contribution in [0.25, 0.3) is 0 Å². The summed E-state index contributed by atoms with van der Waals surface area (Å²) in [5.41, 5.74) is 3.71. The second-order valence-electron chi connectivity index (χ2n) is 9.51. The molecule has 2 atom stereocenters. The Bertz CT molecular complexity index is 1270. The molecule has 210 valence electrons. The minimum absolute atomic E-state index is 0. The molecule has 1 fully saturated rings. The molecule has 0 amide bonds. The Hall–Kier alpha value is -1.72. The van der Waals surface area contributed by atoms with E-state index in [2.05, 4.69) is 44.6 Å². The summed E-state index contributed by atoms with van der Waals surface area (Å²) in [4.78, 5) is 4.25. The Morgan fingerprint density at radius 3 is 2.50 bits per heavy atom. The molecular formula is C27H38Cl2N4O3S2. The number of aromatic nitrogens is 1. The van der Waals surface area contributed by atoms with E-state index in [0.717, 1.165) is 41.3 Å². The van der Waals surface area contributed by atoms with E-state index in [0.29, 0.717) is 12.2 Å². The Morgan fingerprint density at radius 1 is 1.11 bits per heavy atom. The lowest BCUT2D eigenvalue weighted by Gasteiger charge is -2.34. The van der Waals surface area contributed by atoms with Crippen LogP contribution in [0, 0.1) is 13.8 Å². The van der Waals surface area contributed by atoms with Crippen molar-refractivity contribution in [3.63, 3.8) is 0 Å². The molecule has 2 heterocycles. The zero-order chi connectivity index (χ0) is 25.7. The number of nitrogens with one attached hydrogen (secondary N) is 3. The minimum atomic E-state index is -3.63. The lowest BCUT2D eigenvalue weighted by atomic mass is 9.92. The number of rotatable bonds is 10. The van der Waals surface area contributed by atoms with Crippen molar-refractivity contribution in [1.29, 1.82) is 0 Å². The van der Waals surface area contributed by atoms with Crippen LogP contribution in [0.2, 0.25) is 0 Å². The molecule has 1 saturated heterocycles. The molecule has 4 rings (SSSR count). The topological polar surface area (TPSA) is 92.4 Å². The summed E-state index contributed by atoms with van der Waals surface area (Å²) in [5.74, 6) is 0.818. The monoisotopic (exact) mass is 600 g/mol. The zero-order valence-corrected chi connectivity index (χ0v) is 25.5. The highest BCUT2D eigenvalue weighted by atomic mass is 35.5. The van der Waals surface area contributed by atoms with Gasteiger partial charge in [0.15, 0.2) is 4.21 Å². The summed E-state index contributed by atoms with van der Waals surface area (Å²) in [6.45, 7) is 9.39. The number of hydrogen-bond acceptors (Lipinski definition) is 7. The molecule has 1 aliphatic heterocycles. The third-order valence-electron chi connectivity index (χ3n) is 6.23. The number of ether oxygens (including phenoxy) is 1. The summed E-state index contributed by atoms with van der Waals surface area (Å²) in [7, 11) is -3.63. The van der Waals surface area contributed by atoms with Gasteiger partial charge in [-0.2, -0.15) is 0 Å². The number of piperidine rings is 1. The van der Waals surface area contributed by atoms with Gasteiger partial charge in [-0.1, -0.05) is 36.4 Å². The van der Waals surface area contributed by atoms with E-state index in [1.54, 1.807) is 6.92 Å². The van der Waals surface area contributed by atoms with Crippen molar-refractivity contribution in [2.45, 2.75) is 76.0 Å². The van der Waals surface area contributed by atoms with Crippen molar-refractivity contribution in [3.05, 3.63) is 75.9 Å². The van der Waals surface area contributed by atoms with Crippen molar-refractivity contribution in [2.75, 3.05) is 6.54 Å². The van der Waals surface area contributed by atoms with Crippen LogP contribution in [0.4, 0.5) is 0 Å². The first-order valence-electron chi connectivity index (χ1n) is 12.5. The van der Waals surface area contributed by atoms with Crippen molar-refractivity contribution >= 4 is 46.2 Å². The molecule has 0 bridgehead atoms. The summed E-state index contributed by atoms with van der Waals surface area (Å²) in [6.07, 6.45) is 2.24. The van der Waals surface area contributed by atoms with Gasteiger partial charge in [-0.15, -0.1) is 36.2 Å². The van der Waals surface area contributed by atoms with Crippen molar-refractivity contribution in [1.82, 2.24) is 20.3 Å². The van der Waals surface area contributed by atoms with Gasteiger partial charge in [-0.25, -0.2) is 18.1 Å². The molecule has 2 unspecified atom stereocenters. The lowest BCUT2D eigenvalue weighted by molar-refractivity contribution is 0.238. The molecule has 7 nitrogen and oxygen atoms in total. The maximum absolute atomic E-state index is 12.9. The van der Waals surface area contributed by atoms with E-state index in [9.17, 15) is 8.42 Å². The highest BCUT2D eigenvalue weighted by Crippen LogP contribution is 2.27. The van der Waals surface area contributed by atoms with Crippen LogP contribution in [-0.4, -0.2) is 32.1 Å². The van der Waals surface area contributed by atoms with Crippen LogP contribution in [0.1, 0.15) is 60.1 Å². The van der Waals surface area contributed by atoms with Gasteiger partial charge < -0.3 is 15.4 Å². The minimum Gasteiger partial charge on any atom is -0.491 e. The number of halogens is 2. The fourth-order valence-electron chi connectivity index (χ4n) is 4.62. The third-order valence-corrected chi connectivity index (χ3v) is 9.31. The molecule has 3 aromatic rings. The van der Waals surface area contributed by atoms with E-state index in [1.165, 1.54) is 16.9 Å². The van der Waals surface area contributed by atoms with Crippen LogP contribution in [-0.2, 0) is 23.1 Å². The van der Waals surface area contributed by atoms with Gasteiger partial charge in [0.25, 0.3) is 10.0 Å². The molecule has 1 aliphatic rings. The quantitative estimate of drug-likeness (QED) is 0.286. The molecule has 0 aliphatic carbocycles. The summed E-state index contributed by atoms with van der Waals surface area (Å²) in [5, 5.41) is 8.15. The molecule has 0 spiro atoms. The second kappa shape index (κ2) is 14.6. The maximum Gasteiger partial charge on any atom is 0.252 e. The second-order valence-corrected chi connectivity index (χ2v) is 12.7. The highest BCUT2D eigenvalue weighted by molar-refractivity contribution is 7.91. The van der Waals surface area contributed by atoms with Gasteiger partial charge >= 0.3 is 0 Å². The average Bonchev–Trinajstić information content (AvgIpc) is 3.21. The largest absolute Gasteiger partial charge is 0.491 e. The third kappa shape index (κ3) is 8.39. The van der Waals surface area contributed by atoms with E-state index in [4.69, 9.17) is 4.74 Å². The van der Waals surface area contributed by atoms with Gasteiger partial charge in [0.05, 0.1) is 16.8 Å². The smallest absolute Gasteiger partial charge is 0.252 e. The Morgan fingerprint density at radius 2 is 1.84 bits per heavy atom. The first kappa shape index (κ1) is 32.5. The number of sulfonamides is 1. The maximum atomic E-state index is 12.9. The highest BCUT2D eigenvalue weighted by Gasteiger charge is 2.26. The molecule has 3 N–H and O–H groups in total. The predicted octanol–water partition coefficient (Wildman–Crippen LogP) is 5.45. The fourth-order valence-corrected chi connectivity index (χ4v) is 7.16. The van der Waals surface area contributed by atoms with Gasteiger partial charge in [0.1, 0.15) is 5.75 Å². The van der Waals surface area contributed by atoms with Gasteiger partial charge in [-0.05, 0) is 70.3 Å². The van der Waals surface area contributed by atoms with Crippen LogP contribution in [0.15, 0.2) is 52.7 Å². The molecule has 38 heavy (non-hydrogen) atoms. The number of benzene rings is 2. The predicted molar refractivity (Wildman–Crippen MR) is 159 cm³/mol. The summed E-state index contributed by atoms with van der Waals surface area (Å²) >= 11 is 1.19. The van der Waals surface area contributed by atoms with E-state index in [-0.39, 0.29) is 53.8 Å². The zero-order valence-electron chi connectivity index (χ0n) is 22.2. The normalized spacial score (nSPS) is 17.5. The number of hydrogen-bond donors (Lipinski definition) is 3.